The van der Waals surface area contributed by atoms with Gasteiger partial charge in [-0.3, -0.25) is 9.59 Å². The van der Waals surface area contributed by atoms with Crippen molar-refractivity contribution < 1.29 is 9.59 Å². The lowest BCUT2D eigenvalue weighted by Gasteiger charge is -2.40. The molecule has 0 unspecified atom stereocenters. The molecule has 0 saturated carbocycles. The average Bonchev–Trinajstić information content (AvgIpc) is 3.46. The molecule has 39 heavy (non-hydrogen) atoms. The number of nitrogens with zero attached hydrogens (tertiary/aromatic N) is 2. The standard InChI is InChI=1S/C34H33N3O2/c1-23(2)24-13-15-25(16-14-24)29-9-3-4-10-30(29)33(38)35-27-19-17-26(18-20-27)34(39)37-22-28-8-7-21-36(28)31-11-5-6-12-32(31)37/h3-6,9-20,23,28H,7-8,21-22H2,1-2H3,(H,35,38)/t28-/m0/s1. The summed E-state index contributed by atoms with van der Waals surface area (Å²) in [5, 5.41) is 3.02. The third-order valence-electron chi connectivity index (χ3n) is 7.95. The van der Waals surface area contributed by atoms with Gasteiger partial charge in [-0.2, -0.15) is 0 Å². The minimum absolute atomic E-state index is 0.0120. The van der Waals surface area contributed by atoms with Crippen LogP contribution in [0.4, 0.5) is 17.1 Å². The Kier molecular flexibility index (Phi) is 6.65. The Balaban J connectivity index is 1.20. The largest absolute Gasteiger partial charge is 0.365 e. The Hall–Kier alpha value is -4.38. The van der Waals surface area contributed by atoms with Gasteiger partial charge in [0.15, 0.2) is 0 Å². The number of carbonyl (C=O) groups excluding carboxylic acids is 2. The second kappa shape index (κ2) is 10.4. The minimum Gasteiger partial charge on any atom is -0.365 e. The van der Waals surface area contributed by atoms with Crippen molar-refractivity contribution in [2.24, 2.45) is 0 Å². The van der Waals surface area contributed by atoms with Gasteiger partial charge in [0.05, 0.1) is 11.4 Å². The molecular formula is C34H33N3O2. The topological polar surface area (TPSA) is 52.7 Å². The molecule has 0 bridgehead atoms. The first-order valence-corrected chi connectivity index (χ1v) is 13.8. The molecule has 0 spiro atoms. The van der Waals surface area contributed by atoms with E-state index in [1.165, 1.54) is 5.56 Å². The van der Waals surface area contributed by atoms with Gasteiger partial charge >= 0.3 is 0 Å². The summed E-state index contributed by atoms with van der Waals surface area (Å²) < 4.78 is 0. The molecule has 2 aliphatic heterocycles. The predicted molar refractivity (Wildman–Crippen MR) is 159 cm³/mol. The average molecular weight is 516 g/mol. The first-order chi connectivity index (χ1) is 19.0. The molecule has 2 heterocycles. The third-order valence-corrected chi connectivity index (χ3v) is 7.95. The number of amides is 2. The Labute approximate surface area is 230 Å². The third kappa shape index (κ3) is 4.81. The van der Waals surface area contributed by atoms with Gasteiger partial charge in [0.1, 0.15) is 0 Å². The molecule has 5 heteroatoms. The highest BCUT2D eigenvalue weighted by atomic mass is 16.2. The van der Waals surface area contributed by atoms with E-state index < -0.39 is 0 Å². The summed E-state index contributed by atoms with van der Waals surface area (Å²) in [6.45, 7) is 6.08. The lowest BCUT2D eigenvalue weighted by molar-refractivity contribution is 0.0983. The van der Waals surface area contributed by atoms with Crippen molar-refractivity contribution in [1.82, 2.24) is 0 Å². The van der Waals surface area contributed by atoms with E-state index in [9.17, 15) is 9.59 Å². The molecule has 5 nitrogen and oxygen atoms in total. The molecule has 0 aliphatic carbocycles. The number of rotatable bonds is 5. The molecular weight excluding hydrogens is 482 g/mol. The van der Waals surface area contributed by atoms with Crippen LogP contribution in [0.5, 0.6) is 0 Å². The second-order valence-corrected chi connectivity index (χ2v) is 10.7. The van der Waals surface area contributed by atoms with Crippen molar-refractivity contribution in [3.63, 3.8) is 0 Å². The first-order valence-electron chi connectivity index (χ1n) is 13.8. The smallest absolute Gasteiger partial charge is 0.258 e. The molecule has 0 aromatic heterocycles. The first kappa shape index (κ1) is 24.9. The van der Waals surface area contributed by atoms with Crippen molar-refractivity contribution >= 4 is 28.9 Å². The van der Waals surface area contributed by atoms with Crippen LogP contribution < -0.4 is 15.1 Å². The maximum absolute atomic E-state index is 13.6. The molecule has 196 valence electrons. The molecule has 4 aromatic rings. The second-order valence-electron chi connectivity index (χ2n) is 10.7. The lowest BCUT2D eigenvalue weighted by atomic mass is 9.95. The Morgan fingerprint density at radius 3 is 2.26 bits per heavy atom. The van der Waals surface area contributed by atoms with Crippen molar-refractivity contribution in [2.45, 2.75) is 38.6 Å². The van der Waals surface area contributed by atoms with Crippen molar-refractivity contribution in [3.05, 3.63) is 114 Å². The molecule has 0 radical (unpaired) electrons. The van der Waals surface area contributed by atoms with Crippen molar-refractivity contribution in [1.29, 1.82) is 0 Å². The van der Waals surface area contributed by atoms with Gasteiger partial charge in [0, 0.05) is 35.9 Å². The van der Waals surface area contributed by atoms with E-state index in [2.05, 4.69) is 54.4 Å². The Morgan fingerprint density at radius 2 is 1.51 bits per heavy atom. The van der Waals surface area contributed by atoms with Gasteiger partial charge in [-0.15, -0.1) is 0 Å². The number of fused-ring (bicyclic) bond motifs is 3. The van der Waals surface area contributed by atoms with E-state index in [1.54, 1.807) is 12.1 Å². The highest BCUT2D eigenvalue weighted by Gasteiger charge is 2.36. The lowest BCUT2D eigenvalue weighted by Crippen LogP contribution is -2.48. The molecule has 1 fully saturated rings. The summed E-state index contributed by atoms with van der Waals surface area (Å²) in [6, 6.07) is 31.8. The van der Waals surface area contributed by atoms with Gasteiger partial charge in [-0.25, -0.2) is 0 Å². The van der Waals surface area contributed by atoms with Crippen LogP contribution in [0.25, 0.3) is 11.1 Å². The molecule has 1 saturated heterocycles. The summed E-state index contributed by atoms with van der Waals surface area (Å²) >= 11 is 0. The molecule has 1 N–H and O–H groups in total. The maximum Gasteiger partial charge on any atom is 0.258 e. The van der Waals surface area contributed by atoms with Crippen LogP contribution >= 0.6 is 0 Å². The van der Waals surface area contributed by atoms with Crippen LogP contribution in [0.3, 0.4) is 0 Å². The zero-order valence-electron chi connectivity index (χ0n) is 22.4. The van der Waals surface area contributed by atoms with Crippen molar-refractivity contribution in [3.8, 4) is 11.1 Å². The summed E-state index contributed by atoms with van der Waals surface area (Å²) in [4.78, 5) is 31.2. The molecule has 6 rings (SSSR count). The maximum atomic E-state index is 13.6. The molecule has 2 amide bonds. The van der Waals surface area contributed by atoms with Crippen molar-refractivity contribution in [2.75, 3.05) is 28.2 Å². The molecule has 4 aromatic carbocycles. The van der Waals surface area contributed by atoms with Gasteiger partial charge in [0.2, 0.25) is 0 Å². The predicted octanol–water partition coefficient (Wildman–Crippen LogP) is 7.36. The quantitative estimate of drug-likeness (QED) is 0.302. The van der Waals surface area contributed by atoms with E-state index in [0.29, 0.717) is 35.3 Å². The normalized spacial score (nSPS) is 16.1. The summed E-state index contributed by atoms with van der Waals surface area (Å²) in [5.41, 5.74) is 7.15. The summed E-state index contributed by atoms with van der Waals surface area (Å²) in [6.07, 6.45) is 2.26. The van der Waals surface area contributed by atoms with Crippen LogP contribution in [0, 0.1) is 0 Å². The number of benzene rings is 4. The number of carbonyl (C=O) groups is 2. The number of anilines is 3. The van der Waals surface area contributed by atoms with E-state index >= 15 is 0 Å². The van der Waals surface area contributed by atoms with Crippen LogP contribution in [-0.4, -0.2) is 30.9 Å². The zero-order valence-corrected chi connectivity index (χ0v) is 22.4. The van der Waals surface area contributed by atoms with Crippen LogP contribution in [0.1, 0.15) is 58.9 Å². The molecule has 2 aliphatic rings. The van der Waals surface area contributed by atoms with E-state index in [4.69, 9.17) is 0 Å². The monoisotopic (exact) mass is 515 g/mol. The van der Waals surface area contributed by atoms with Gasteiger partial charge in [-0.05, 0) is 77.9 Å². The minimum atomic E-state index is -0.177. The zero-order chi connectivity index (χ0) is 26.9. The van der Waals surface area contributed by atoms with E-state index in [1.807, 2.05) is 59.5 Å². The SMILES string of the molecule is CC(C)c1ccc(-c2ccccc2C(=O)Nc2ccc(C(=O)N3C[C@@H]4CCCN4c4ccccc43)cc2)cc1. The fourth-order valence-corrected chi connectivity index (χ4v) is 5.81. The number of hydrogen-bond acceptors (Lipinski definition) is 3. The number of nitrogens with one attached hydrogen (secondary N) is 1. The fraction of sp³-hybridized carbons (Fsp3) is 0.235. The van der Waals surface area contributed by atoms with E-state index in [-0.39, 0.29) is 11.8 Å². The van der Waals surface area contributed by atoms with Crippen LogP contribution in [-0.2, 0) is 0 Å². The van der Waals surface area contributed by atoms with Crippen LogP contribution in [0.2, 0.25) is 0 Å². The van der Waals surface area contributed by atoms with Gasteiger partial charge < -0.3 is 15.1 Å². The summed E-state index contributed by atoms with van der Waals surface area (Å²) in [7, 11) is 0. The van der Waals surface area contributed by atoms with Crippen LogP contribution in [0.15, 0.2) is 97.1 Å². The Morgan fingerprint density at radius 1 is 0.821 bits per heavy atom. The summed E-state index contributed by atoms with van der Waals surface area (Å²) in [5.74, 6) is 0.264. The fourth-order valence-electron chi connectivity index (χ4n) is 5.81. The highest BCUT2D eigenvalue weighted by molar-refractivity contribution is 6.10. The number of para-hydroxylation sites is 2. The van der Waals surface area contributed by atoms with Gasteiger partial charge in [0.25, 0.3) is 11.8 Å². The Bertz CT molecular complexity index is 1510. The number of hydrogen-bond donors (Lipinski definition) is 1. The van der Waals surface area contributed by atoms with E-state index in [0.717, 1.165) is 41.9 Å². The highest BCUT2D eigenvalue weighted by Crippen LogP contribution is 2.39. The van der Waals surface area contributed by atoms with Gasteiger partial charge in [-0.1, -0.05) is 68.4 Å². The molecule has 1 atom stereocenters.